The van der Waals surface area contributed by atoms with E-state index in [1.165, 1.54) is 10.9 Å². The second-order valence-corrected chi connectivity index (χ2v) is 4.25. The lowest BCUT2D eigenvalue weighted by molar-refractivity contribution is 0.280. The largest absolute Gasteiger partial charge is 0.392 e. The summed E-state index contributed by atoms with van der Waals surface area (Å²) in [6.45, 7) is -0.0980. The molecule has 2 aromatic heterocycles. The summed E-state index contributed by atoms with van der Waals surface area (Å²) in [4.78, 5) is 4.17. The molecule has 4 nitrogen and oxygen atoms in total. The maximum atomic E-state index is 9.18. The van der Waals surface area contributed by atoms with Gasteiger partial charge >= 0.3 is 0 Å². The molecule has 0 amide bonds. The number of hydrogen-bond donors (Lipinski definition) is 1. The van der Waals surface area contributed by atoms with E-state index < -0.39 is 0 Å². The van der Waals surface area contributed by atoms with Gasteiger partial charge in [0.15, 0.2) is 5.82 Å². The summed E-state index contributed by atoms with van der Waals surface area (Å²) < 4.78 is 2.34. The molecule has 0 saturated heterocycles. The van der Waals surface area contributed by atoms with E-state index in [4.69, 9.17) is 11.6 Å². The van der Waals surface area contributed by atoms with E-state index >= 15 is 0 Å². The van der Waals surface area contributed by atoms with Crippen LogP contribution in [0.4, 0.5) is 0 Å². The number of aromatic nitrogens is 3. The first-order valence-electron chi connectivity index (χ1n) is 4.16. The zero-order chi connectivity index (χ0) is 10.8. The Morgan fingerprint density at radius 3 is 2.87 bits per heavy atom. The van der Waals surface area contributed by atoms with Crippen LogP contribution in [0.25, 0.3) is 5.82 Å². The molecular weight excluding hydrogens is 281 g/mol. The van der Waals surface area contributed by atoms with Crippen LogP contribution in [-0.2, 0) is 6.61 Å². The van der Waals surface area contributed by atoms with Gasteiger partial charge in [0.2, 0.25) is 0 Å². The van der Waals surface area contributed by atoms with Crippen LogP contribution in [0.1, 0.15) is 5.56 Å². The monoisotopic (exact) mass is 287 g/mol. The highest BCUT2D eigenvalue weighted by molar-refractivity contribution is 9.10. The molecule has 2 rings (SSSR count). The molecule has 0 radical (unpaired) electrons. The highest BCUT2D eigenvalue weighted by atomic mass is 79.9. The lowest BCUT2D eigenvalue weighted by atomic mass is 10.3. The molecule has 0 atom stereocenters. The molecule has 2 heterocycles. The summed E-state index contributed by atoms with van der Waals surface area (Å²) in [5.74, 6) is 0.576. The van der Waals surface area contributed by atoms with Crippen molar-refractivity contribution in [3.8, 4) is 5.82 Å². The normalized spacial score (nSPS) is 10.6. The molecular formula is C9H7BrClN3O. The van der Waals surface area contributed by atoms with Crippen LogP contribution in [0.5, 0.6) is 0 Å². The van der Waals surface area contributed by atoms with Crippen LogP contribution in [0.15, 0.2) is 29.1 Å². The van der Waals surface area contributed by atoms with Gasteiger partial charge in [-0.3, -0.25) is 0 Å². The van der Waals surface area contributed by atoms with Gasteiger partial charge < -0.3 is 5.11 Å². The average Bonchev–Trinajstić information content (AvgIpc) is 2.64. The zero-order valence-corrected chi connectivity index (χ0v) is 9.90. The second-order valence-electron chi connectivity index (χ2n) is 2.90. The maximum absolute atomic E-state index is 9.18. The van der Waals surface area contributed by atoms with E-state index in [-0.39, 0.29) is 6.61 Å². The average molecular weight is 289 g/mol. The third kappa shape index (κ3) is 2.19. The molecule has 1 N–H and O–H groups in total. The van der Waals surface area contributed by atoms with Gasteiger partial charge in [-0.1, -0.05) is 11.6 Å². The third-order valence-corrected chi connectivity index (χ3v) is 2.48. The molecule has 0 saturated carbocycles. The minimum absolute atomic E-state index is 0.0980. The standard InChI is InChI=1S/C9H7BrClN3O/c10-7-1-6(5-15)9(12-2-7)14-4-8(11)3-13-14/h1-4,15H,5H2. The first-order chi connectivity index (χ1) is 7.20. The van der Waals surface area contributed by atoms with Crippen LogP contribution in [0.3, 0.4) is 0 Å². The van der Waals surface area contributed by atoms with Gasteiger partial charge in [-0.05, 0) is 22.0 Å². The summed E-state index contributed by atoms with van der Waals surface area (Å²) >= 11 is 9.04. The van der Waals surface area contributed by atoms with E-state index in [0.717, 1.165) is 4.47 Å². The highest BCUT2D eigenvalue weighted by Crippen LogP contribution is 2.18. The highest BCUT2D eigenvalue weighted by Gasteiger charge is 2.07. The van der Waals surface area contributed by atoms with Crippen LogP contribution in [0.2, 0.25) is 5.02 Å². The fourth-order valence-corrected chi connectivity index (χ4v) is 1.73. The Bertz CT molecular complexity index is 486. The molecule has 2 aromatic rings. The number of hydrogen-bond acceptors (Lipinski definition) is 3. The fourth-order valence-electron chi connectivity index (χ4n) is 1.21. The summed E-state index contributed by atoms with van der Waals surface area (Å²) in [6, 6.07) is 1.79. The lowest BCUT2D eigenvalue weighted by Crippen LogP contribution is -2.03. The van der Waals surface area contributed by atoms with Crippen molar-refractivity contribution in [3.63, 3.8) is 0 Å². The molecule has 0 aliphatic heterocycles. The second kappa shape index (κ2) is 4.30. The smallest absolute Gasteiger partial charge is 0.158 e. The van der Waals surface area contributed by atoms with Crippen LogP contribution in [-0.4, -0.2) is 19.9 Å². The van der Waals surface area contributed by atoms with Gasteiger partial charge in [0, 0.05) is 16.2 Å². The Labute approximate surface area is 99.6 Å². The van der Waals surface area contributed by atoms with Gasteiger partial charge in [0.05, 0.1) is 24.0 Å². The van der Waals surface area contributed by atoms with E-state index in [1.807, 2.05) is 0 Å². The summed E-state index contributed by atoms with van der Waals surface area (Å²) in [6.07, 6.45) is 4.80. The third-order valence-electron chi connectivity index (χ3n) is 1.85. The fraction of sp³-hybridized carbons (Fsp3) is 0.111. The van der Waals surface area contributed by atoms with Crippen molar-refractivity contribution in [3.05, 3.63) is 39.7 Å². The molecule has 0 bridgehead atoms. The molecule has 0 aromatic carbocycles. The molecule has 6 heteroatoms. The molecule has 78 valence electrons. The van der Waals surface area contributed by atoms with Crippen LogP contribution in [0, 0.1) is 0 Å². The Morgan fingerprint density at radius 1 is 1.47 bits per heavy atom. The number of pyridine rings is 1. The van der Waals surface area contributed by atoms with Crippen molar-refractivity contribution in [2.24, 2.45) is 0 Å². The molecule has 0 unspecified atom stereocenters. The minimum Gasteiger partial charge on any atom is -0.392 e. The van der Waals surface area contributed by atoms with Crippen LogP contribution >= 0.6 is 27.5 Å². The Hall–Kier alpha value is -0.910. The van der Waals surface area contributed by atoms with Crippen LogP contribution < -0.4 is 0 Å². The first kappa shape index (κ1) is 10.6. The van der Waals surface area contributed by atoms with Gasteiger partial charge in [-0.2, -0.15) is 5.10 Å². The van der Waals surface area contributed by atoms with E-state index in [9.17, 15) is 5.11 Å². The quantitative estimate of drug-likeness (QED) is 0.921. The molecule has 0 spiro atoms. The molecule has 0 aliphatic carbocycles. The summed E-state index contributed by atoms with van der Waals surface area (Å²) in [5.41, 5.74) is 0.684. The van der Waals surface area contributed by atoms with Gasteiger partial charge in [0.1, 0.15) is 0 Å². The van der Waals surface area contributed by atoms with Crippen molar-refractivity contribution in [1.82, 2.24) is 14.8 Å². The number of rotatable bonds is 2. The Balaban J connectivity index is 2.52. The SMILES string of the molecule is OCc1cc(Br)cnc1-n1cc(Cl)cn1. The van der Waals surface area contributed by atoms with E-state index in [0.29, 0.717) is 16.4 Å². The van der Waals surface area contributed by atoms with Crippen molar-refractivity contribution >= 4 is 27.5 Å². The van der Waals surface area contributed by atoms with E-state index in [2.05, 4.69) is 26.0 Å². The minimum atomic E-state index is -0.0980. The molecule has 0 fully saturated rings. The van der Waals surface area contributed by atoms with Crippen molar-refractivity contribution in [1.29, 1.82) is 0 Å². The van der Waals surface area contributed by atoms with Gasteiger partial charge in [-0.25, -0.2) is 9.67 Å². The molecule has 15 heavy (non-hydrogen) atoms. The Kier molecular flexibility index (Phi) is 3.04. The number of aliphatic hydroxyl groups is 1. The number of aliphatic hydroxyl groups excluding tert-OH is 1. The van der Waals surface area contributed by atoms with Gasteiger partial charge in [0.25, 0.3) is 0 Å². The van der Waals surface area contributed by atoms with E-state index in [1.54, 1.807) is 18.5 Å². The predicted octanol–water partition coefficient (Wildman–Crippen LogP) is 2.18. The topological polar surface area (TPSA) is 50.9 Å². The van der Waals surface area contributed by atoms with Crippen molar-refractivity contribution in [2.75, 3.05) is 0 Å². The zero-order valence-electron chi connectivity index (χ0n) is 7.56. The predicted molar refractivity (Wildman–Crippen MR) is 60.0 cm³/mol. The van der Waals surface area contributed by atoms with Crippen molar-refractivity contribution in [2.45, 2.75) is 6.61 Å². The molecule has 0 aliphatic rings. The number of nitrogens with zero attached hydrogens (tertiary/aromatic N) is 3. The first-order valence-corrected chi connectivity index (χ1v) is 5.33. The summed E-state index contributed by atoms with van der Waals surface area (Å²) in [7, 11) is 0. The lowest BCUT2D eigenvalue weighted by Gasteiger charge is -2.05. The Morgan fingerprint density at radius 2 is 2.27 bits per heavy atom. The summed E-state index contributed by atoms with van der Waals surface area (Å²) in [5, 5.41) is 13.7. The van der Waals surface area contributed by atoms with Crippen molar-refractivity contribution < 1.29 is 5.11 Å². The number of halogens is 2. The maximum Gasteiger partial charge on any atom is 0.158 e. The van der Waals surface area contributed by atoms with Gasteiger partial charge in [-0.15, -0.1) is 0 Å².